The first-order chi connectivity index (χ1) is 21.3. The number of ether oxygens (including phenoxy) is 2. The minimum atomic E-state index is -1.04. The van der Waals surface area contributed by atoms with Crippen LogP contribution < -0.4 is 9.64 Å². The minimum absolute atomic E-state index is 0.0156. The van der Waals surface area contributed by atoms with Gasteiger partial charge in [-0.05, 0) is 50.1 Å². The van der Waals surface area contributed by atoms with Crippen molar-refractivity contribution in [2.75, 3.05) is 18.1 Å². The van der Waals surface area contributed by atoms with Crippen LogP contribution in [0.15, 0.2) is 66.9 Å². The van der Waals surface area contributed by atoms with Crippen molar-refractivity contribution in [3.63, 3.8) is 0 Å². The zero-order chi connectivity index (χ0) is 31.4. The second-order valence-electron chi connectivity index (χ2n) is 10.4. The van der Waals surface area contributed by atoms with Gasteiger partial charge in [-0.2, -0.15) is 0 Å². The van der Waals surface area contributed by atoms with E-state index in [0.29, 0.717) is 40.6 Å². The van der Waals surface area contributed by atoms with Crippen LogP contribution in [0.4, 0.5) is 5.13 Å². The second-order valence-corrected chi connectivity index (χ2v) is 11.4. The van der Waals surface area contributed by atoms with Crippen molar-refractivity contribution in [1.82, 2.24) is 14.4 Å². The van der Waals surface area contributed by atoms with Gasteiger partial charge in [0.2, 0.25) is 0 Å². The number of esters is 1. The first-order valence-electron chi connectivity index (χ1n) is 14.5. The maximum atomic E-state index is 13.7. The monoisotopic (exact) mass is 614 g/mol. The Kier molecular flexibility index (Phi) is 9.24. The van der Waals surface area contributed by atoms with Gasteiger partial charge in [-0.15, -0.1) is 0 Å². The predicted molar refractivity (Wildman–Crippen MR) is 168 cm³/mol. The summed E-state index contributed by atoms with van der Waals surface area (Å²) in [6.45, 7) is 9.66. The Morgan fingerprint density at radius 1 is 1.07 bits per heavy atom. The Bertz CT molecular complexity index is 1750. The van der Waals surface area contributed by atoms with Gasteiger partial charge < -0.3 is 14.6 Å². The van der Waals surface area contributed by atoms with Crippen LogP contribution in [0.3, 0.4) is 0 Å². The summed E-state index contributed by atoms with van der Waals surface area (Å²) in [6, 6.07) is 11.4. The Morgan fingerprint density at radius 2 is 1.84 bits per heavy atom. The van der Waals surface area contributed by atoms with E-state index in [1.165, 1.54) is 11.0 Å². The van der Waals surface area contributed by atoms with Crippen molar-refractivity contribution in [3.05, 3.63) is 94.4 Å². The molecule has 3 aromatic heterocycles. The highest BCUT2D eigenvalue weighted by molar-refractivity contribution is 7.17. The lowest BCUT2D eigenvalue weighted by Gasteiger charge is -2.23. The number of aliphatic hydroxyl groups excluding tert-OH is 1. The lowest BCUT2D eigenvalue weighted by Crippen LogP contribution is -2.29. The quantitative estimate of drug-likeness (QED) is 0.0490. The highest BCUT2D eigenvalue weighted by Gasteiger charge is 2.49. The van der Waals surface area contributed by atoms with Gasteiger partial charge in [0.15, 0.2) is 10.9 Å². The molecule has 1 atom stereocenters. The number of amides is 1. The molecule has 4 heterocycles. The molecule has 5 rings (SSSR count). The van der Waals surface area contributed by atoms with E-state index in [4.69, 9.17) is 9.47 Å². The van der Waals surface area contributed by atoms with Crippen LogP contribution in [0.25, 0.3) is 11.4 Å². The lowest BCUT2D eigenvalue weighted by atomic mass is 9.96. The zero-order valence-corrected chi connectivity index (χ0v) is 25.7. The van der Waals surface area contributed by atoms with Gasteiger partial charge in [-0.3, -0.25) is 18.9 Å². The summed E-state index contributed by atoms with van der Waals surface area (Å²) in [5.41, 5.74) is 2.17. The molecular weight excluding hydrogens is 580 g/mol. The number of pyridine rings is 1. The fraction of sp³-hybridized carbons (Fsp3) is 0.303. The van der Waals surface area contributed by atoms with Crippen LogP contribution in [0.2, 0.25) is 0 Å². The van der Waals surface area contributed by atoms with Crippen LogP contribution in [-0.2, 0) is 14.3 Å². The van der Waals surface area contributed by atoms with Gasteiger partial charge in [-0.1, -0.05) is 68.4 Å². The molecule has 0 aliphatic carbocycles. The van der Waals surface area contributed by atoms with Crippen LogP contribution in [-0.4, -0.2) is 50.3 Å². The van der Waals surface area contributed by atoms with Crippen molar-refractivity contribution < 1.29 is 29.0 Å². The Morgan fingerprint density at radius 3 is 2.57 bits per heavy atom. The van der Waals surface area contributed by atoms with Gasteiger partial charge in [-0.25, -0.2) is 14.8 Å². The number of thiazole rings is 1. The summed E-state index contributed by atoms with van der Waals surface area (Å²) in [6.07, 6.45) is 7.49. The molecule has 1 amide bonds. The Labute approximate surface area is 259 Å². The number of aryl methyl sites for hydroxylation is 2. The predicted octanol–water partition coefficient (Wildman–Crippen LogP) is 6.34. The van der Waals surface area contributed by atoms with Crippen molar-refractivity contribution in [1.29, 1.82) is 0 Å². The van der Waals surface area contributed by atoms with E-state index < -0.39 is 23.7 Å². The third-order valence-electron chi connectivity index (χ3n) is 7.34. The number of benzene rings is 1. The summed E-state index contributed by atoms with van der Waals surface area (Å²) in [5, 5.41) is 11.9. The van der Waals surface area contributed by atoms with E-state index in [9.17, 15) is 19.5 Å². The van der Waals surface area contributed by atoms with E-state index in [0.717, 1.165) is 37.0 Å². The molecule has 11 heteroatoms. The number of anilines is 1. The first-order valence-corrected chi connectivity index (χ1v) is 15.3. The summed E-state index contributed by atoms with van der Waals surface area (Å²) in [7, 11) is 0. The largest absolute Gasteiger partial charge is 0.505 e. The van der Waals surface area contributed by atoms with E-state index in [1.54, 1.807) is 60.8 Å². The smallest absolute Gasteiger partial charge is 0.350 e. The van der Waals surface area contributed by atoms with Crippen molar-refractivity contribution in [2.24, 2.45) is 0 Å². The fourth-order valence-electron chi connectivity index (χ4n) is 5.21. The number of hydrogen-bond acceptors (Lipinski definition) is 9. The van der Waals surface area contributed by atoms with Gasteiger partial charge >= 0.3 is 11.9 Å². The third-order valence-corrected chi connectivity index (χ3v) is 8.48. The van der Waals surface area contributed by atoms with Gasteiger partial charge in [0, 0.05) is 6.20 Å². The molecular formula is C33H34N4O6S. The number of unbranched alkanes of at least 4 members (excludes halogenated alkanes) is 3. The second kappa shape index (κ2) is 13.3. The number of aromatic nitrogens is 3. The standard InChI is InChI=1S/C33H34N4O6S/c1-5-7-8-11-19-42-23-15-13-22(14-16-23)27-25(28(38)26-20(3)34-24-12-9-10-17-36(24)26)29(39)31(40)37(27)33-35-21(4)30(44-33)32(41)43-18-6-2/h6,9-10,12-17,27,38H,2,5,7-8,11,18-19H2,1,3-4H3. The van der Waals surface area contributed by atoms with Crippen LogP contribution in [0, 0.1) is 13.8 Å². The minimum Gasteiger partial charge on any atom is -0.505 e. The first kappa shape index (κ1) is 30.7. The number of hydrogen-bond donors (Lipinski definition) is 1. The van der Waals surface area contributed by atoms with E-state index in [-0.39, 0.29) is 27.9 Å². The van der Waals surface area contributed by atoms with Crippen molar-refractivity contribution in [2.45, 2.75) is 52.5 Å². The molecule has 1 aromatic carbocycles. The number of rotatable bonds is 12. The highest BCUT2D eigenvalue weighted by atomic mass is 32.1. The van der Waals surface area contributed by atoms with Crippen molar-refractivity contribution in [3.8, 4) is 5.75 Å². The number of carbonyl (C=O) groups excluding carboxylic acids is 3. The SMILES string of the molecule is C=CCOC(=O)c1sc(N2C(=O)C(=O)C(=C(O)c3c(C)nc4ccccn34)C2c2ccc(OCCCCCC)cc2)nc1C. The molecule has 1 saturated heterocycles. The lowest BCUT2D eigenvalue weighted by molar-refractivity contribution is -0.132. The van der Waals surface area contributed by atoms with Gasteiger partial charge in [0.05, 0.1) is 29.6 Å². The number of fused-ring (bicyclic) bond motifs is 1. The highest BCUT2D eigenvalue weighted by Crippen LogP contribution is 2.44. The molecule has 1 fully saturated rings. The van der Waals surface area contributed by atoms with Crippen LogP contribution in [0.5, 0.6) is 5.75 Å². The molecule has 0 radical (unpaired) electrons. The van der Waals surface area contributed by atoms with Gasteiger partial charge in [0.1, 0.15) is 28.6 Å². The molecule has 228 valence electrons. The Hall–Kier alpha value is -4.77. The molecule has 1 N–H and O–H groups in total. The maximum absolute atomic E-state index is 13.7. The number of imidazole rings is 1. The normalized spacial score (nSPS) is 16.1. The number of aliphatic hydroxyl groups is 1. The molecule has 1 aliphatic heterocycles. The molecule has 1 aliphatic rings. The average Bonchev–Trinajstić information content (AvgIpc) is 3.65. The number of Topliss-reactive ketones (excluding diaryl/α,β-unsaturated/α-hetero) is 1. The number of carbonyl (C=O) groups is 3. The van der Waals surface area contributed by atoms with E-state index >= 15 is 0 Å². The molecule has 0 bridgehead atoms. The van der Waals surface area contributed by atoms with Crippen LogP contribution >= 0.6 is 11.3 Å². The van der Waals surface area contributed by atoms with E-state index in [2.05, 4.69) is 23.5 Å². The maximum Gasteiger partial charge on any atom is 0.350 e. The molecule has 44 heavy (non-hydrogen) atoms. The average molecular weight is 615 g/mol. The molecule has 0 spiro atoms. The summed E-state index contributed by atoms with van der Waals surface area (Å²) < 4.78 is 12.8. The summed E-state index contributed by atoms with van der Waals surface area (Å²) in [5.74, 6) is -2.07. The Balaban J connectivity index is 1.60. The van der Waals surface area contributed by atoms with E-state index in [1.807, 2.05) is 6.07 Å². The molecule has 0 saturated carbocycles. The third kappa shape index (κ3) is 5.87. The number of ketones is 1. The molecule has 10 nitrogen and oxygen atoms in total. The summed E-state index contributed by atoms with van der Waals surface area (Å²) in [4.78, 5) is 50.5. The molecule has 1 unspecified atom stereocenters. The molecule has 4 aromatic rings. The fourth-order valence-corrected chi connectivity index (χ4v) is 6.20. The number of nitrogens with zero attached hydrogens (tertiary/aromatic N) is 4. The van der Waals surface area contributed by atoms with Gasteiger partial charge in [0.25, 0.3) is 5.78 Å². The summed E-state index contributed by atoms with van der Waals surface area (Å²) >= 11 is 0.944. The zero-order valence-electron chi connectivity index (χ0n) is 24.9. The topological polar surface area (TPSA) is 123 Å². The van der Waals surface area contributed by atoms with Crippen LogP contribution in [0.1, 0.15) is 71.0 Å². The van der Waals surface area contributed by atoms with Crippen molar-refractivity contribution >= 4 is 45.5 Å².